The molecule has 0 saturated heterocycles. The molecule has 0 aliphatic rings. The van der Waals surface area contributed by atoms with Gasteiger partial charge in [-0.2, -0.15) is 0 Å². The lowest BCUT2D eigenvalue weighted by Gasteiger charge is -2.19. The number of halogens is 2. The Morgan fingerprint density at radius 2 is 1.83 bits per heavy atom. The number of carbonyl (C=O) groups is 1. The van der Waals surface area contributed by atoms with E-state index in [0.29, 0.717) is 21.7 Å². The second-order valence-corrected chi connectivity index (χ2v) is 6.48. The summed E-state index contributed by atoms with van der Waals surface area (Å²) in [6.45, 7) is 5.94. The van der Waals surface area contributed by atoms with E-state index in [2.05, 4.69) is 19.2 Å². The fourth-order valence-electron chi connectivity index (χ4n) is 2.31. The van der Waals surface area contributed by atoms with E-state index in [4.69, 9.17) is 27.9 Å². The van der Waals surface area contributed by atoms with Crippen LogP contribution in [0.1, 0.15) is 38.7 Å². The van der Waals surface area contributed by atoms with E-state index >= 15 is 0 Å². The van der Waals surface area contributed by atoms with Crippen molar-refractivity contribution in [3.8, 4) is 5.75 Å². The van der Waals surface area contributed by atoms with Crippen LogP contribution in [0.15, 0.2) is 42.5 Å². The van der Waals surface area contributed by atoms with Gasteiger partial charge in [0.25, 0.3) is 5.91 Å². The maximum absolute atomic E-state index is 12.5. The van der Waals surface area contributed by atoms with Crippen LogP contribution in [0.2, 0.25) is 10.0 Å². The Bertz CT molecular complexity index is 718. The number of hydrogen-bond acceptors (Lipinski definition) is 2. The van der Waals surface area contributed by atoms with Crippen LogP contribution in [-0.4, -0.2) is 12.0 Å². The van der Waals surface area contributed by atoms with E-state index in [9.17, 15) is 4.79 Å². The molecule has 2 rings (SSSR count). The molecule has 0 heterocycles. The summed E-state index contributed by atoms with van der Waals surface area (Å²) < 4.78 is 5.66. The zero-order chi connectivity index (χ0) is 17.7. The number of benzene rings is 2. The average molecular weight is 366 g/mol. The maximum Gasteiger partial charge on any atom is 0.265 e. The second kappa shape index (κ2) is 8.41. The monoisotopic (exact) mass is 365 g/mol. The topological polar surface area (TPSA) is 38.3 Å². The van der Waals surface area contributed by atoms with Gasteiger partial charge in [-0.15, -0.1) is 0 Å². The van der Waals surface area contributed by atoms with Crippen LogP contribution in [0.4, 0.5) is 5.69 Å². The normalized spacial score (nSPS) is 13.2. The minimum atomic E-state index is -0.703. The Balaban J connectivity index is 2.11. The summed E-state index contributed by atoms with van der Waals surface area (Å²) in [5, 5.41) is 3.64. The van der Waals surface area contributed by atoms with Crippen molar-refractivity contribution >= 4 is 34.8 Å². The Morgan fingerprint density at radius 1 is 1.12 bits per heavy atom. The first-order valence-electron chi connectivity index (χ1n) is 7.94. The van der Waals surface area contributed by atoms with Crippen LogP contribution in [0, 0.1) is 0 Å². The van der Waals surface area contributed by atoms with Gasteiger partial charge in [0.15, 0.2) is 6.10 Å². The molecule has 128 valence electrons. The number of amides is 1. The number of para-hydroxylation sites is 1. The number of ether oxygens (including phenoxy) is 1. The molecule has 1 N–H and O–H groups in total. The molecule has 1 amide bonds. The first-order valence-corrected chi connectivity index (χ1v) is 8.70. The molecule has 0 aliphatic heterocycles. The molecular formula is C19H21Cl2NO2. The molecule has 24 heavy (non-hydrogen) atoms. The zero-order valence-corrected chi connectivity index (χ0v) is 15.5. The number of carbonyl (C=O) groups excluding carboxylic acids is 1. The molecule has 2 aromatic rings. The van der Waals surface area contributed by atoms with Gasteiger partial charge in [-0.3, -0.25) is 4.79 Å². The van der Waals surface area contributed by atoms with Crippen molar-refractivity contribution in [1.82, 2.24) is 0 Å². The summed E-state index contributed by atoms with van der Waals surface area (Å²) in [5.41, 5.74) is 1.92. The quantitative estimate of drug-likeness (QED) is 0.690. The Hall–Kier alpha value is -1.71. The van der Waals surface area contributed by atoms with Crippen molar-refractivity contribution in [3.05, 3.63) is 58.1 Å². The lowest BCUT2D eigenvalue weighted by atomic mass is 9.97. The van der Waals surface area contributed by atoms with Gasteiger partial charge in [-0.1, -0.05) is 61.3 Å². The van der Waals surface area contributed by atoms with Gasteiger partial charge in [0, 0.05) is 5.69 Å². The number of hydrogen-bond donors (Lipinski definition) is 1. The van der Waals surface area contributed by atoms with Crippen molar-refractivity contribution in [3.63, 3.8) is 0 Å². The smallest absolute Gasteiger partial charge is 0.265 e. The van der Waals surface area contributed by atoms with Gasteiger partial charge in [-0.05, 0) is 43.0 Å². The minimum absolute atomic E-state index is 0.234. The molecule has 0 aliphatic carbocycles. The van der Waals surface area contributed by atoms with Gasteiger partial charge >= 0.3 is 0 Å². The first-order chi connectivity index (χ1) is 11.4. The molecule has 0 bridgehead atoms. The summed E-state index contributed by atoms with van der Waals surface area (Å²) in [6, 6.07) is 12.9. The Labute approximate surface area is 152 Å². The van der Waals surface area contributed by atoms with Crippen LogP contribution in [0.5, 0.6) is 5.75 Å². The average Bonchev–Trinajstić information content (AvgIpc) is 2.58. The highest BCUT2D eigenvalue weighted by Crippen LogP contribution is 2.32. The number of rotatable bonds is 6. The third-order valence-electron chi connectivity index (χ3n) is 3.95. The summed E-state index contributed by atoms with van der Waals surface area (Å²) >= 11 is 12.1. The number of anilines is 1. The Kier molecular flexibility index (Phi) is 6.52. The van der Waals surface area contributed by atoms with Crippen molar-refractivity contribution in [2.24, 2.45) is 0 Å². The summed E-state index contributed by atoms with van der Waals surface area (Å²) in [4.78, 5) is 12.5. The highest BCUT2D eigenvalue weighted by atomic mass is 35.5. The van der Waals surface area contributed by atoms with Gasteiger partial charge in [-0.25, -0.2) is 0 Å². The van der Waals surface area contributed by atoms with Crippen LogP contribution >= 0.6 is 23.2 Å². The molecular weight excluding hydrogens is 345 g/mol. The van der Waals surface area contributed by atoms with Crippen LogP contribution in [-0.2, 0) is 4.79 Å². The highest BCUT2D eigenvalue weighted by Gasteiger charge is 2.19. The first kappa shape index (κ1) is 18.6. The fourth-order valence-corrected chi connectivity index (χ4v) is 2.65. The molecule has 0 fully saturated rings. The van der Waals surface area contributed by atoms with E-state index in [1.165, 1.54) is 0 Å². The molecule has 2 aromatic carbocycles. The van der Waals surface area contributed by atoms with Crippen LogP contribution in [0.25, 0.3) is 0 Å². The largest absolute Gasteiger partial charge is 0.479 e. The standard InChI is InChI=1S/C19H21Cl2NO2/c1-4-12(2)14-8-5-6-10-16(14)22-19(23)13(3)24-17-11-7-9-15(20)18(17)21/h5-13H,4H2,1-3H3,(H,22,23)/t12-,13-/m0/s1. The minimum Gasteiger partial charge on any atom is -0.479 e. The van der Waals surface area contributed by atoms with Crippen LogP contribution < -0.4 is 10.1 Å². The molecule has 0 aromatic heterocycles. The van der Waals surface area contributed by atoms with Gasteiger partial charge in [0.1, 0.15) is 10.8 Å². The maximum atomic E-state index is 12.5. The summed E-state index contributed by atoms with van der Waals surface area (Å²) in [6.07, 6.45) is 0.294. The predicted octanol–water partition coefficient (Wildman–Crippen LogP) is 5.91. The lowest BCUT2D eigenvalue weighted by molar-refractivity contribution is -0.122. The molecule has 0 unspecified atom stereocenters. The van der Waals surface area contributed by atoms with Crippen molar-refractivity contribution in [2.45, 2.75) is 39.2 Å². The van der Waals surface area contributed by atoms with Crippen molar-refractivity contribution < 1.29 is 9.53 Å². The van der Waals surface area contributed by atoms with Gasteiger partial charge < -0.3 is 10.1 Å². The molecule has 0 radical (unpaired) electrons. The molecule has 2 atom stereocenters. The third-order valence-corrected chi connectivity index (χ3v) is 4.75. The second-order valence-electron chi connectivity index (χ2n) is 5.70. The summed E-state index contributed by atoms with van der Waals surface area (Å²) in [5.74, 6) is 0.518. The molecule has 5 heteroatoms. The van der Waals surface area contributed by atoms with Crippen LogP contribution in [0.3, 0.4) is 0 Å². The van der Waals surface area contributed by atoms with Crippen molar-refractivity contribution in [1.29, 1.82) is 0 Å². The molecule has 3 nitrogen and oxygen atoms in total. The molecule has 0 saturated carbocycles. The number of nitrogens with one attached hydrogen (secondary N) is 1. The lowest BCUT2D eigenvalue weighted by Crippen LogP contribution is -2.30. The van der Waals surface area contributed by atoms with E-state index in [-0.39, 0.29) is 5.91 Å². The van der Waals surface area contributed by atoms with E-state index < -0.39 is 6.10 Å². The predicted molar refractivity (Wildman–Crippen MR) is 100 cm³/mol. The Morgan fingerprint density at radius 3 is 2.54 bits per heavy atom. The van der Waals surface area contributed by atoms with E-state index in [1.807, 2.05) is 24.3 Å². The SMILES string of the molecule is CC[C@H](C)c1ccccc1NC(=O)[C@H](C)Oc1cccc(Cl)c1Cl. The zero-order valence-electron chi connectivity index (χ0n) is 14.0. The van der Waals surface area contributed by atoms with E-state index in [0.717, 1.165) is 17.7 Å². The van der Waals surface area contributed by atoms with Gasteiger partial charge in [0.05, 0.1) is 5.02 Å². The fraction of sp³-hybridized carbons (Fsp3) is 0.316. The molecule has 0 spiro atoms. The third kappa shape index (κ3) is 4.43. The summed E-state index contributed by atoms with van der Waals surface area (Å²) in [7, 11) is 0. The van der Waals surface area contributed by atoms with E-state index in [1.54, 1.807) is 25.1 Å². The highest BCUT2D eigenvalue weighted by molar-refractivity contribution is 6.42. The van der Waals surface area contributed by atoms with Crippen molar-refractivity contribution in [2.75, 3.05) is 5.32 Å². The van der Waals surface area contributed by atoms with Gasteiger partial charge in [0.2, 0.25) is 0 Å².